The monoisotopic (exact) mass is 587 g/mol. The Hall–Kier alpha value is -3.18. The second-order valence-electron chi connectivity index (χ2n) is 11.4. The van der Waals surface area contributed by atoms with E-state index in [9.17, 15) is 9.59 Å². The zero-order valence-electron chi connectivity index (χ0n) is 23.3. The molecule has 4 nitrogen and oxygen atoms in total. The number of carbonyl (C=O) groups excluding carboxylic acids is 2. The zero-order valence-corrected chi connectivity index (χ0v) is 24.9. The Labute approximate surface area is 241 Å². The van der Waals surface area contributed by atoms with Crippen molar-refractivity contribution in [3.8, 4) is 0 Å². The number of carbonyl (C=O) groups is 2. The molecule has 0 saturated heterocycles. The quantitative estimate of drug-likeness (QED) is 0.268. The van der Waals surface area contributed by atoms with E-state index < -0.39 is 0 Å². The summed E-state index contributed by atoms with van der Waals surface area (Å²) in [5, 5.41) is 3.09. The highest BCUT2D eigenvalue weighted by atomic mass is 79.9. The molecule has 0 heterocycles. The number of esters is 1. The summed E-state index contributed by atoms with van der Waals surface area (Å²) in [6.45, 7) is 9.11. The van der Waals surface area contributed by atoms with Crippen molar-refractivity contribution in [2.75, 3.05) is 11.9 Å². The predicted octanol–water partition coefficient (Wildman–Crippen LogP) is 8.82. The van der Waals surface area contributed by atoms with Crippen LogP contribution in [-0.4, -0.2) is 18.5 Å². The fourth-order valence-corrected chi connectivity index (χ4v) is 5.43. The maximum absolute atomic E-state index is 13.6. The molecular formula is C34H38BrNO3. The van der Waals surface area contributed by atoms with Crippen LogP contribution >= 0.6 is 15.9 Å². The normalized spacial score (nSPS) is 16.2. The predicted molar refractivity (Wildman–Crippen MR) is 163 cm³/mol. The Morgan fingerprint density at radius 3 is 2.21 bits per heavy atom. The van der Waals surface area contributed by atoms with Crippen LogP contribution in [0, 0.1) is 11.3 Å². The van der Waals surface area contributed by atoms with Crippen LogP contribution in [0.4, 0.5) is 5.69 Å². The summed E-state index contributed by atoms with van der Waals surface area (Å²) in [4.78, 5) is 25.6. The molecule has 1 amide bonds. The van der Waals surface area contributed by atoms with E-state index in [0.29, 0.717) is 29.9 Å². The average molecular weight is 589 g/mol. The summed E-state index contributed by atoms with van der Waals surface area (Å²) in [6.07, 6.45) is 6.32. The van der Waals surface area contributed by atoms with Gasteiger partial charge in [0.05, 0.1) is 18.1 Å². The summed E-state index contributed by atoms with van der Waals surface area (Å²) in [5.41, 5.74) is 6.16. The lowest BCUT2D eigenvalue weighted by Crippen LogP contribution is -2.23. The van der Waals surface area contributed by atoms with Crippen LogP contribution < -0.4 is 5.32 Å². The molecule has 3 aromatic rings. The average Bonchev–Trinajstić information content (AvgIpc) is 2.93. The van der Waals surface area contributed by atoms with Crippen LogP contribution in [0.25, 0.3) is 5.57 Å². The van der Waals surface area contributed by atoms with E-state index in [1.807, 2.05) is 36.4 Å². The molecule has 4 rings (SSSR count). The fourth-order valence-electron chi connectivity index (χ4n) is 5.16. The third-order valence-corrected chi connectivity index (χ3v) is 8.18. The number of allylic oxidation sites excluding steroid dienone is 2. The summed E-state index contributed by atoms with van der Waals surface area (Å²) < 4.78 is 6.06. The van der Waals surface area contributed by atoms with Gasteiger partial charge in [-0.2, -0.15) is 0 Å². The number of halogens is 1. The van der Waals surface area contributed by atoms with E-state index >= 15 is 0 Å². The lowest BCUT2D eigenvalue weighted by Gasteiger charge is -2.33. The van der Waals surface area contributed by atoms with Crippen LogP contribution in [0.3, 0.4) is 0 Å². The third kappa shape index (κ3) is 7.69. The molecule has 0 spiro atoms. The Morgan fingerprint density at radius 2 is 1.64 bits per heavy atom. The maximum Gasteiger partial charge on any atom is 0.338 e. The smallest absolute Gasteiger partial charge is 0.338 e. The van der Waals surface area contributed by atoms with Gasteiger partial charge in [-0.25, -0.2) is 4.79 Å². The van der Waals surface area contributed by atoms with Crippen molar-refractivity contribution in [3.63, 3.8) is 0 Å². The van der Waals surface area contributed by atoms with E-state index in [1.165, 1.54) is 17.6 Å². The molecule has 0 saturated carbocycles. The van der Waals surface area contributed by atoms with Gasteiger partial charge in [0.1, 0.15) is 0 Å². The van der Waals surface area contributed by atoms with Crippen molar-refractivity contribution in [3.05, 3.63) is 106 Å². The number of anilines is 1. The van der Waals surface area contributed by atoms with Crippen molar-refractivity contribution in [1.82, 2.24) is 0 Å². The summed E-state index contributed by atoms with van der Waals surface area (Å²) in [6, 6.07) is 23.4. The number of amides is 1. The standard InChI is InChI=1S/C34H38BrNO3/c1-5-39-33(38)27-8-6-23(7-9-27)22-31(32(37)36-30-20-18-29(35)19-21-30)26-12-10-24(11-13-26)25-14-16-28(17-15-25)34(2,3)4/h6-14,18-21,28,31H,5,15-17,22H2,1-4H3,(H,36,37). The summed E-state index contributed by atoms with van der Waals surface area (Å²) in [5.74, 6) is -0.0800. The number of nitrogens with one attached hydrogen (secondary N) is 1. The second-order valence-corrected chi connectivity index (χ2v) is 12.3. The van der Waals surface area contributed by atoms with Gasteiger partial charge in [0, 0.05) is 10.2 Å². The molecule has 1 N–H and O–H groups in total. The first-order valence-electron chi connectivity index (χ1n) is 13.8. The lowest BCUT2D eigenvalue weighted by atomic mass is 9.72. The molecule has 1 aliphatic rings. The molecule has 1 aliphatic carbocycles. The molecule has 0 aliphatic heterocycles. The number of ether oxygens (including phenoxy) is 1. The minimum absolute atomic E-state index is 0.0653. The molecular weight excluding hydrogens is 550 g/mol. The van der Waals surface area contributed by atoms with Crippen molar-refractivity contribution in [2.45, 2.75) is 59.3 Å². The molecule has 3 aromatic carbocycles. The topological polar surface area (TPSA) is 55.4 Å². The molecule has 5 heteroatoms. The zero-order chi connectivity index (χ0) is 28.0. The fraction of sp³-hybridized carbons (Fsp3) is 0.353. The largest absolute Gasteiger partial charge is 0.462 e. The van der Waals surface area contributed by atoms with Crippen molar-refractivity contribution >= 4 is 39.1 Å². The molecule has 2 unspecified atom stereocenters. The van der Waals surface area contributed by atoms with Gasteiger partial charge in [0.2, 0.25) is 5.91 Å². The molecule has 0 aromatic heterocycles. The van der Waals surface area contributed by atoms with Gasteiger partial charge in [-0.05, 0) is 103 Å². The number of rotatable bonds is 8. The van der Waals surface area contributed by atoms with Gasteiger partial charge in [-0.3, -0.25) is 4.79 Å². The molecule has 0 bridgehead atoms. The van der Waals surface area contributed by atoms with Gasteiger partial charge in [-0.15, -0.1) is 0 Å². The van der Waals surface area contributed by atoms with Gasteiger partial charge >= 0.3 is 5.97 Å². The first kappa shape index (κ1) is 28.8. The Kier molecular flexibility index (Phi) is 9.45. The number of benzene rings is 3. The van der Waals surface area contributed by atoms with Crippen molar-refractivity contribution in [2.24, 2.45) is 11.3 Å². The van der Waals surface area contributed by atoms with Crippen molar-refractivity contribution in [1.29, 1.82) is 0 Å². The minimum atomic E-state index is -0.387. The Morgan fingerprint density at radius 1 is 0.974 bits per heavy atom. The molecule has 0 radical (unpaired) electrons. The van der Waals surface area contributed by atoms with Crippen LogP contribution in [0.1, 0.15) is 79.9 Å². The SMILES string of the molecule is CCOC(=O)c1ccc(CC(C(=O)Nc2ccc(Br)cc2)c2ccc(C3=CCC(C(C)(C)C)CC3)cc2)cc1. The first-order chi connectivity index (χ1) is 18.6. The number of hydrogen-bond donors (Lipinski definition) is 1. The lowest BCUT2D eigenvalue weighted by molar-refractivity contribution is -0.117. The van der Waals surface area contributed by atoms with Crippen LogP contribution in [0.5, 0.6) is 0 Å². The summed E-state index contributed by atoms with van der Waals surface area (Å²) >= 11 is 3.45. The van der Waals surface area contributed by atoms with E-state index in [4.69, 9.17) is 4.74 Å². The van der Waals surface area contributed by atoms with Crippen LogP contribution in [-0.2, 0) is 16.0 Å². The highest BCUT2D eigenvalue weighted by Gasteiger charge is 2.27. The Balaban J connectivity index is 1.55. The maximum atomic E-state index is 13.6. The van der Waals surface area contributed by atoms with Gasteiger partial charge < -0.3 is 10.1 Å². The van der Waals surface area contributed by atoms with Crippen LogP contribution in [0.2, 0.25) is 0 Å². The highest BCUT2D eigenvalue weighted by Crippen LogP contribution is 2.40. The van der Waals surface area contributed by atoms with E-state index in [0.717, 1.165) is 34.1 Å². The van der Waals surface area contributed by atoms with Gasteiger partial charge in [0.15, 0.2) is 0 Å². The van der Waals surface area contributed by atoms with Crippen molar-refractivity contribution < 1.29 is 14.3 Å². The summed E-state index contributed by atoms with van der Waals surface area (Å²) in [7, 11) is 0. The molecule has 39 heavy (non-hydrogen) atoms. The van der Waals surface area contributed by atoms with E-state index in [-0.39, 0.29) is 17.8 Å². The first-order valence-corrected chi connectivity index (χ1v) is 14.5. The number of hydrogen-bond acceptors (Lipinski definition) is 3. The molecule has 0 fully saturated rings. The molecule has 2 atom stereocenters. The van der Waals surface area contributed by atoms with Crippen LogP contribution in [0.15, 0.2) is 83.3 Å². The third-order valence-electron chi connectivity index (χ3n) is 7.65. The minimum Gasteiger partial charge on any atom is -0.462 e. The molecule has 204 valence electrons. The second kappa shape index (κ2) is 12.8. The van der Waals surface area contributed by atoms with E-state index in [1.54, 1.807) is 19.1 Å². The highest BCUT2D eigenvalue weighted by molar-refractivity contribution is 9.10. The van der Waals surface area contributed by atoms with Gasteiger partial charge in [0.25, 0.3) is 0 Å². The van der Waals surface area contributed by atoms with Gasteiger partial charge in [-0.1, -0.05) is 79.2 Å². The van der Waals surface area contributed by atoms with E-state index in [2.05, 4.69) is 72.4 Å². The Bertz CT molecular complexity index is 1300.